The zero-order valence-electron chi connectivity index (χ0n) is 10.6. The SMILES string of the molecule is CC(C)NC(=O)CN(C)c1nc(NN)ncc1F. The molecule has 0 aromatic carbocycles. The monoisotopic (exact) mass is 256 g/mol. The van der Waals surface area contributed by atoms with Crippen molar-refractivity contribution in [1.29, 1.82) is 0 Å². The lowest BCUT2D eigenvalue weighted by molar-refractivity contribution is -0.120. The summed E-state index contributed by atoms with van der Waals surface area (Å²) in [5, 5.41) is 2.70. The highest BCUT2D eigenvalue weighted by molar-refractivity contribution is 5.81. The largest absolute Gasteiger partial charge is 0.352 e. The molecule has 1 aromatic heterocycles. The van der Waals surface area contributed by atoms with E-state index in [1.807, 2.05) is 13.8 Å². The summed E-state index contributed by atoms with van der Waals surface area (Å²) in [4.78, 5) is 20.4. The summed E-state index contributed by atoms with van der Waals surface area (Å²) >= 11 is 0. The molecule has 4 N–H and O–H groups in total. The molecule has 7 nitrogen and oxygen atoms in total. The third kappa shape index (κ3) is 3.81. The van der Waals surface area contributed by atoms with Gasteiger partial charge in [0.25, 0.3) is 0 Å². The van der Waals surface area contributed by atoms with Crippen LogP contribution < -0.4 is 21.5 Å². The number of hydrogen-bond donors (Lipinski definition) is 3. The molecule has 0 saturated carbocycles. The van der Waals surface area contributed by atoms with Crippen molar-refractivity contribution in [2.45, 2.75) is 19.9 Å². The Morgan fingerprint density at radius 1 is 1.61 bits per heavy atom. The number of halogens is 1. The number of nitrogens with one attached hydrogen (secondary N) is 2. The van der Waals surface area contributed by atoms with Crippen LogP contribution in [0.1, 0.15) is 13.8 Å². The van der Waals surface area contributed by atoms with E-state index in [9.17, 15) is 9.18 Å². The molecule has 0 aliphatic carbocycles. The minimum absolute atomic E-state index is 0.00384. The van der Waals surface area contributed by atoms with E-state index in [0.29, 0.717) is 0 Å². The molecule has 0 spiro atoms. The first kappa shape index (κ1) is 14.1. The molecule has 1 heterocycles. The van der Waals surface area contributed by atoms with Crippen LogP contribution in [-0.4, -0.2) is 35.5 Å². The van der Waals surface area contributed by atoms with Gasteiger partial charge in [0.1, 0.15) is 0 Å². The van der Waals surface area contributed by atoms with Crippen LogP contribution in [0.4, 0.5) is 16.2 Å². The van der Waals surface area contributed by atoms with Crippen LogP contribution in [0.3, 0.4) is 0 Å². The minimum atomic E-state index is -0.617. The standard InChI is InChI=1S/C10H17FN6O/c1-6(2)14-8(18)5-17(3)9-7(11)4-13-10(15-9)16-12/h4,6H,5,12H2,1-3H3,(H,14,18)(H,13,15,16). The molecule has 0 fully saturated rings. The number of carbonyl (C=O) groups excluding carboxylic acids is 1. The first-order valence-electron chi connectivity index (χ1n) is 5.43. The van der Waals surface area contributed by atoms with Gasteiger partial charge in [-0.1, -0.05) is 0 Å². The van der Waals surface area contributed by atoms with Crippen LogP contribution in [0.2, 0.25) is 0 Å². The first-order valence-corrected chi connectivity index (χ1v) is 5.43. The Kier molecular flexibility index (Phi) is 4.78. The van der Waals surface area contributed by atoms with E-state index < -0.39 is 5.82 Å². The predicted molar refractivity (Wildman–Crippen MR) is 66.3 cm³/mol. The van der Waals surface area contributed by atoms with E-state index in [-0.39, 0.29) is 30.3 Å². The number of hydrazine groups is 1. The van der Waals surface area contributed by atoms with Crippen LogP contribution in [0.25, 0.3) is 0 Å². The van der Waals surface area contributed by atoms with Crippen molar-refractivity contribution < 1.29 is 9.18 Å². The van der Waals surface area contributed by atoms with E-state index in [1.54, 1.807) is 7.05 Å². The lowest BCUT2D eigenvalue weighted by Gasteiger charge is -2.19. The van der Waals surface area contributed by atoms with E-state index in [2.05, 4.69) is 20.7 Å². The van der Waals surface area contributed by atoms with Crippen LogP contribution in [0.15, 0.2) is 6.20 Å². The molecular weight excluding hydrogens is 239 g/mol. The third-order valence-electron chi connectivity index (χ3n) is 2.05. The predicted octanol–water partition coefficient (Wildman–Crippen LogP) is -0.138. The Labute approximate surface area is 105 Å². The normalized spacial score (nSPS) is 10.3. The maximum Gasteiger partial charge on any atom is 0.239 e. The quantitative estimate of drug-likeness (QED) is 0.501. The molecule has 0 bridgehead atoms. The number of aromatic nitrogens is 2. The van der Waals surface area contributed by atoms with Gasteiger partial charge >= 0.3 is 0 Å². The summed E-state index contributed by atoms with van der Waals surface area (Å²) in [5.41, 5.74) is 2.22. The van der Waals surface area contributed by atoms with Crippen molar-refractivity contribution in [2.24, 2.45) is 5.84 Å². The van der Waals surface area contributed by atoms with Crippen molar-refractivity contribution in [1.82, 2.24) is 15.3 Å². The van der Waals surface area contributed by atoms with Crippen molar-refractivity contribution in [2.75, 3.05) is 23.9 Å². The number of likely N-dealkylation sites (N-methyl/N-ethyl adjacent to an activating group) is 1. The molecule has 1 rings (SSSR count). The number of rotatable bonds is 5. The summed E-state index contributed by atoms with van der Waals surface area (Å²) in [6, 6.07) is 0.0300. The van der Waals surface area contributed by atoms with Crippen molar-refractivity contribution >= 4 is 17.7 Å². The van der Waals surface area contributed by atoms with Crippen LogP contribution in [0, 0.1) is 5.82 Å². The Morgan fingerprint density at radius 3 is 2.83 bits per heavy atom. The van der Waals surface area contributed by atoms with E-state index in [1.165, 1.54) is 4.90 Å². The molecule has 0 saturated heterocycles. The van der Waals surface area contributed by atoms with Gasteiger partial charge in [0.2, 0.25) is 11.9 Å². The number of nitrogens with two attached hydrogens (primary N) is 1. The van der Waals surface area contributed by atoms with Crippen molar-refractivity contribution in [3.8, 4) is 0 Å². The van der Waals surface area contributed by atoms with Gasteiger partial charge in [-0.25, -0.2) is 15.2 Å². The number of amides is 1. The van der Waals surface area contributed by atoms with Crippen LogP contribution >= 0.6 is 0 Å². The minimum Gasteiger partial charge on any atom is -0.352 e. The van der Waals surface area contributed by atoms with Gasteiger partial charge in [0, 0.05) is 13.1 Å². The van der Waals surface area contributed by atoms with Crippen LogP contribution in [-0.2, 0) is 4.79 Å². The summed E-state index contributed by atoms with van der Waals surface area (Å²) in [6.07, 6.45) is 0.994. The molecule has 0 aliphatic rings. The molecule has 0 atom stereocenters. The van der Waals surface area contributed by atoms with Gasteiger partial charge in [-0.3, -0.25) is 10.2 Å². The second kappa shape index (κ2) is 6.10. The average Bonchev–Trinajstić information content (AvgIpc) is 2.28. The molecule has 8 heteroatoms. The number of anilines is 2. The van der Waals surface area contributed by atoms with Gasteiger partial charge < -0.3 is 10.2 Å². The van der Waals surface area contributed by atoms with Crippen molar-refractivity contribution in [3.05, 3.63) is 12.0 Å². The molecule has 1 amide bonds. The summed E-state index contributed by atoms with van der Waals surface area (Å²) in [6.45, 7) is 3.69. The van der Waals surface area contributed by atoms with E-state index >= 15 is 0 Å². The summed E-state index contributed by atoms with van der Waals surface area (Å²) < 4.78 is 13.5. The maximum absolute atomic E-state index is 13.5. The van der Waals surface area contributed by atoms with Gasteiger partial charge in [-0.2, -0.15) is 4.98 Å². The second-order valence-electron chi connectivity index (χ2n) is 4.09. The molecule has 0 unspecified atom stereocenters. The smallest absolute Gasteiger partial charge is 0.239 e. The fourth-order valence-electron chi connectivity index (χ4n) is 1.35. The summed E-state index contributed by atoms with van der Waals surface area (Å²) in [5.74, 6) is 4.41. The second-order valence-corrected chi connectivity index (χ2v) is 4.09. The molecule has 0 aliphatic heterocycles. The van der Waals surface area contributed by atoms with Crippen molar-refractivity contribution in [3.63, 3.8) is 0 Å². The molecular formula is C10H17FN6O. The molecule has 100 valence electrons. The number of carbonyl (C=O) groups is 1. The summed E-state index contributed by atoms with van der Waals surface area (Å²) in [7, 11) is 1.56. The number of hydrogen-bond acceptors (Lipinski definition) is 6. The van der Waals surface area contributed by atoms with Gasteiger partial charge in [-0.05, 0) is 13.8 Å². The number of nitrogen functional groups attached to an aromatic ring is 1. The molecule has 18 heavy (non-hydrogen) atoms. The Morgan fingerprint density at radius 2 is 2.28 bits per heavy atom. The zero-order chi connectivity index (χ0) is 13.7. The Hall–Kier alpha value is -1.96. The van der Waals surface area contributed by atoms with Gasteiger partial charge in [0.05, 0.1) is 12.7 Å². The lowest BCUT2D eigenvalue weighted by Crippen LogP contribution is -2.39. The first-order chi connectivity index (χ1) is 8.43. The molecule has 1 aromatic rings. The highest BCUT2D eigenvalue weighted by Crippen LogP contribution is 2.15. The van der Waals surface area contributed by atoms with E-state index in [4.69, 9.17) is 5.84 Å². The van der Waals surface area contributed by atoms with Gasteiger partial charge in [0.15, 0.2) is 11.6 Å². The lowest BCUT2D eigenvalue weighted by atomic mass is 10.3. The van der Waals surface area contributed by atoms with Crippen LogP contribution in [0.5, 0.6) is 0 Å². The molecule has 0 radical (unpaired) electrons. The fourth-order valence-corrected chi connectivity index (χ4v) is 1.35. The third-order valence-corrected chi connectivity index (χ3v) is 2.05. The Balaban J connectivity index is 2.77. The highest BCUT2D eigenvalue weighted by atomic mass is 19.1. The zero-order valence-corrected chi connectivity index (χ0v) is 10.6. The van der Waals surface area contributed by atoms with E-state index in [0.717, 1.165) is 6.20 Å². The topological polar surface area (TPSA) is 96.2 Å². The fraction of sp³-hybridized carbons (Fsp3) is 0.500. The maximum atomic E-state index is 13.5. The highest BCUT2D eigenvalue weighted by Gasteiger charge is 2.14. The van der Waals surface area contributed by atoms with Gasteiger partial charge in [-0.15, -0.1) is 0 Å². The average molecular weight is 256 g/mol. The number of nitrogens with zero attached hydrogens (tertiary/aromatic N) is 3. The Bertz CT molecular complexity index is 425.